The van der Waals surface area contributed by atoms with E-state index in [2.05, 4.69) is 5.32 Å². The lowest BCUT2D eigenvalue weighted by molar-refractivity contribution is -0.144. The lowest BCUT2D eigenvalue weighted by Crippen LogP contribution is -2.72. The van der Waals surface area contributed by atoms with E-state index in [4.69, 9.17) is 40.2 Å². The monoisotopic (exact) mass is 453 g/mol. The number of halogens is 3. The van der Waals surface area contributed by atoms with Gasteiger partial charge in [-0.25, -0.2) is 4.39 Å². The number of ether oxygens (including phenoxy) is 1. The molecule has 1 fully saturated rings. The molecule has 3 unspecified atom stereocenters. The zero-order valence-electron chi connectivity index (χ0n) is 15.9. The van der Waals surface area contributed by atoms with Crippen molar-refractivity contribution in [2.75, 3.05) is 19.0 Å². The van der Waals surface area contributed by atoms with Gasteiger partial charge < -0.3 is 15.0 Å². The molecule has 0 radical (unpaired) electrons. The molecule has 4 rings (SSSR count). The number of hydrogen-bond acceptors (Lipinski definition) is 3. The Kier molecular flexibility index (Phi) is 4.88. The van der Waals surface area contributed by atoms with E-state index in [0.29, 0.717) is 32.2 Å². The molecule has 0 aromatic heterocycles. The number of amides is 1. The number of rotatable bonds is 2. The van der Waals surface area contributed by atoms with Crippen LogP contribution < -0.4 is 15.0 Å². The maximum atomic E-state index is 13.5. The van der Waals surface area contributed by atoms with Crippen LogP contribution in [0.2, 0.25) is 10.0 Å². The van der Waals surface area contributed by atoms with Crippen molar-refractivity contribution in [2.24, 2.45) is 5.92 Å². The summed E-state index contributed by atoms with van der Waals surface area (Å²) in [6.45, 7) is 1.79. The molecule has 2 bridgehead atoms. The van der Waals surface area contributed by atoms with Gasteiger partial charge in [-0.1, -0.05) is 23.2 Å². The van der Waals surface area contributed by atoms with Crippen LogP contribution in [0.25, 0.3) is 0 Å². The fraction of sp³-hybridized carbons (Fsp3) is 0.300. The van der Waals surface area contributed by atoms with Crippen molar-refractivity contribution in [3.63, 3.8) is 0 Å². The SMILES string of the molecule is CN(C)C(=O)C1C2NC(=S)N(c3ccc(F)cc3)C1(C)Oc1c(Cl)cc(Cl)cc12. The third-order valence-electron chi connectivity index (χ3n) is 5.31. The van der Waals surface area contributed by atoms with Crippen molar-refractivity contribution in [1.82, 2.24) is 10.2 Å². The van der Waals surface area contributed by atoms with Crippen LogP contribution in [-0.2, 0) is 4.79 Å². The molecule has 2 heterocycles. The van der Waals surface area contributed by atoms with E-state index in [0.717, 1.165) is 0 Å². The van der Waals surface area contributed by atoms with Gasteiger partial charge in [0.2, 0.25) is 5.91 Å². The fourth-order valence-electron chi connectivity index (χ4n) is 4.04. The Hall–Kier alpha value is -2.09. The zero-order chi connectivity index (χ0) is 21.1. The molecular weight excluding hydrogens is 436 g/mol. The fourth-order valence-corrected chi connectivity index (χ4v) is 5.00. The molecule has 9 heteroatoms. The summed E-state index contributed by atoms with van der Waals surface area (Å²) in [4.78, 5) is 16.4. The Morgan fingerprint density at radius 3 is 2.55 bits per heavy atom. The van der Waals surface area contributed by atoms with Crippen LogP contribution in [-0.4, -0.2) is 35.7 Å². The lowest BCUT2D eigenvalue weighted by Gasteiger charge is -2.56. The maximum absolute atomic E-state index is 13.5. The van der Waals surface area contributed by atoms with Gasteiger partial charge in [0.25, 0.3) is 0 Å². The average molecular weight is 454 g/mol. The normalized spacial score (nSPS) is 25.0. The van der Waals surface area contributed by atoms with E-state index >= 15 is 0 Å². The van der Waals surface area contributed by atoms with Crippen molar-refractivity contribution in [3.05, 3.63) is 57.8 Å². The predicted molar refractivity (Wildman–Crippen MR) is 115 cm³/mol. The van der Waals surface area contributed by atoms with Gasteiger partial charge in [-0.2, -0.15) is 0 Å². The number of fused-ring (bicyclic) bond motifs is 4. The summed E-state index contributed by atoms with van der Waals surface area (Å²) < 4.78 is 19.9. The summed E-state index contributed by atoms with van der Waals surface area (Å²) in [7, 11) is 3.37. The first-order chi connectivity index (χ1) is 13.6. The highest BCUT2D eigenvalue weighted by Crippen LogP contribution is 2.52. The average Bonchev–Trinajstić information content (AvgIpc) is 2.63. The highest BCUT2D eigenvalue weighted by molar-refractivity contribution is 7.80. The Morgan fingerprint density at radius 2 is 1.93 bits per heavy atom. The molecule has 3 atom stereocenters. The lowest BCUT2D eigenvalue weighted by atomic mass is 9.78. The van der Waals surface area contributed by atoms with E-state index in [1.165, 1.54) is 17.0 Å². The highest BCUT2D eigenvalue weighted by Gasteiger charge is 2.59. The van der Waals surface area contributed by atoms with Crippen LogP contribution in [0.1, 0.15) is 18.5 Å². The first-order valence-corrected chi connectivity index (χ1v) is 10.1. The minimum atomic E-state index is -1.20. The molecule has 1 N–H and O–H groups in total. The van der Waals surface area contributed by atoms with Gasteiger partial charge in [0.05, 0.1) is 11.1 Å². The third-order valence-corrected chi connectivity index (χ3v) is 6.11. The second-order valence-corrected chi connectivity index (χ2v) is 8.64. The van der Waals surface area contributed by atoms with Crippen LogP contribution >= 0.6 is 35.4 Å². The van der Waals surface area contributed by atoms with Gasteiger partial charge in [-0.3, -0.25) is 9.69 Å². The van der Waals surface area contributed by atoms with Crippen LogP contribution in [0.4, 0.5) is 10.1 Å². The molecule has 2 aromatic carbocycles. The molecule has 0 saturated carbocycles. The van der Waals surface area contributed by atoms with Gasteiger partial charge in [-0.05, 0) is 55.5 Å². The van der Waals surface area contributed by atoms with Crippen LogP contribution in [0.3, 0.4) is 0 Å². The molecule has 2 aromatic rings. The van der Waals surface area contributed by atoms with Crippen molar-refractivity contribution < 1.29 is 13.9 Å². The molecule has 0 spiro atoms. The Morgan fingerprint density at radius 1 is 1.28 bits per heavy atom. The molecule has 152 valence electrons. The van der Waals surface area contributed by atoms with Gasteiger partial charge in [0, 0.05) is 30.4 Å². The molecule has 2 aliphatic rings. The van der Waals surface area contributed by atoms with Gasteiger partial charge in [-0.15, -0.1) is 0 Å². The summed E-state index contributed by atoms with van der Waals surface area (Å²) in [5, 5.41) is 4.38. The van der Waals surface area contributed by atoms with E-state index in [1.807, 2.05) is 0 Å². The minimum absolute atomic E-state index is 0.152. The molecule has 29 heavy (non-hydrogen) atoms. The summed E-state index contributed by atoms with van der Waals surface area (Å²) in [5.41, 5.74) is 0.0626. The number of benzene rings is 2. The first-order valence-electron chi connectivity index (χ1n) is 8.89. The topological polar surface area (TPSA) is 44.8 Å². The van der Waals surface area contributed by atoms with Gasteiger partial charge >= 0.3 is 0 Å². The molecule has 0 aliphatic carbocycles. The molecule has 1 saturated heterocycles. The maximum Gasteiger partial charge on any atom is 0.233 e. The summed E-state index contributed by atoms with van der Waals surface area (Å²) in [6.07, 6.45) is 0. The van der Waals surface area contributed by atoms with Crippen LogP contribution in [0.15, 0.2) is 36.4 Å². The Balaban J connectivity index is 1.94. The quantitative estimate of drug-likeness (QED) is 0.683. The summed E-state index contributed by atoms with van der Waals surface area (Å²) in [5.74, 6) is -0.757. The van der Waals surface area contributed by atoms with Crippen LogP contribution in [0.5, 0.6) is 5.75 Å². The number of carbonyl (C=O) groups is 1. The number of nitrogens with zero attached hydrogens (tertiary/aromatic N) is 2. The second kappa shape index (κ2) is 7.00. The number of thiocarbonyl (C=S) groups is 1. The van der Waals surface area contributed by atoms with Crippen LogP contribution in [0, 0.1) is 11.7 Å². The molecular formula is C20H18Cl2FN3O2S. The Labute approximate surface area is 183 Å². The smallest absolute Gasteiger partial charge is 0.233 e. The molecule has 2 aliphatic heterocycles. The molecule has 5 nitrogen and oxygen atoms in total. The summed E-state index contributed by atoms with van der Waals surface area (Å²) >= 11 is 18.3. The first kappa shape index (κ1) is 20.2. The van der Waals surface area contributed by atoms with E-state index < -0.39 is 17.7 Å². The Bertz CT molecular complexity index is 1020. The van der Waals surface area contributed by atoms with E-state index in [1.54, 1.807) is 50.2 Å². The largest absolute Gasteiger partial charge is 0.465 e. The van der Waals surface area contributed by atoms with Gasteiger partial charge in [0.1, 0.15) is 17.5 Å². The minimum Gasteiger partial charge on any atom is -0.465 e. The van der Waals surface area contributed by atoms with Crippen molar-refractivity contribution >= 4 is 52.1 Å². The van der Waals surface area contributed by atoms with Gasteiger partial charge in [0.15, 0.2) is 10.8 Å². The molecule has 1 amide bonds. The highest BCUT2D eigenvalue weighted by atomic mass is 35.5. The van der Waals surface area contributed by atoms with E-state index in [9.17, 15) is 9.18 Å². The number of nitrogens with one attached hydrogen (secondary N) is 1. The standard InChI is InChI=1S/C20H18Cl2FN3O2S/c1-20-15(18(27)25(2)3)16(13-8-10(21)9-14(22)17(13)28-20)24-19(29)26(20)12-6-4-11(23)5-7-12/h4-9,15-16H,1-3H3,(H,24,29). The van der Waals surface area contributed by atoms with E-state index in [-0.39, 0.29) is 11.7 Å². The summed E-state index contributed by atoms with van der Waals surface area (Å²) in [6, 6.07) is 8.68. The predicted octanol–water partition coefficient (Wildman–Crippen LogP) is 4.38. The number of anilines is 1. The third kappa shape index (κ3) is 3.12. The second-order valence-electron chi connectivity index (χ2n) is 7.41. The number of carbonyl (C=O) groups excluding carboxylic acids is 1. The zero-order valence-corrected chi connectivity index (χ0v) is 18.2. The van der Waals surface area contributed by atoms with Crippen molar-refractivity contribution in [2.45, 2.75) is 18.7 Å². The van der Waals surface area contributed by atoms with Crippen molar-refractivity contribution in [3.8, 4) is 5.75 Å². The van der Waals surface area contributed by atoms with Crippen molar-refractivity contribution in [1.29, 1.82) is 0 Å². The number of hydrogen-bond donors (Lipinski definition) is 1.